The lowest BCUT2D eigenvalue weighted by Crippen LogP contribution is -2.29. The molecule has 0 atom stereocenters. The zero-order valence-electron chi connectivity index (χ0n) is 9.34. The van der Waals surface area contributed by atoms with Crippen LogP contribution in [0.15, 0.2) is 29.2 Å². The number of sulfonamides is 1. The summed E-state index contributed by atoms with van der Waals surface area (Å²) in [6.45, 7) is 0.348. The number of ether oxygens (including phenoxy) is 1. The van der Waals surface area contributed by atoms with Crippen LogP contribution in [0.5, 0.6) is 0 Å². The maximum atomic E-state index is 11.7. The van der Waals surface area contributed by atoms with Gasteiger partial charge in [-0.3, -0.25) is 0 Å². The van der Waals surface area contributed by atoms with Crippen molar-refractivity contribution in [1.29, 1.82) is 0 Å². The fraction of sp³-hybridized carbons (Fsp3) is 0.300. The summed E-state index contributed by atoms with van der Waals surface area (Å²) in [5, 5.41) is 0. The van der Waals surface area contributed by atoms with Crippen molar-refractivity contribution in [2.45, 2.75) is 4.90 Å². The van der Waals surface area contributed by atoms with Gasteiger partial charge in [0.25, 0.3) is 0 Å². The molecule has 0 amide bonds. The van der Waals surface area contributed by atoms with E-state index in [0.717, 1.165) is 0 Å². The van der Waals surface area contributed by atoms with Gasteiger partial charge in [-0.05, 0) is 18.2 Å². The first-order valence-corrected chi connectivity index (χ1v) is 6.37. The maximum Gasteiger partial charge on any atom is 0.337 e. The average molecular weight is 258 g/mol. The highest BCUT2D eigenvalue weighted by molar-refractivity contribution is 7.89. The quantitative estimate of drug-likeness (QED) is 0.707. The number of nitrogens with two attached hydrogens (primary N) is 1. The topological polar surface area (TPSA) is 98.5 Å². The van der Waals surface area contributed by atoms with Gasteiger partial charge in [-0.1, -0.05) is 6.07 Å². The molecule has 0 spiro atoms. The summed E-state index contributed by atoms with van der Waals surface area (Å²) in [6, 6.07) is 5.60. The molecule has 0 heterocycles. The van der Waals surface area contributed by atoms with Crippen LogP contribution in [0.1, 0.15) is 10.4 Å². The fourth-order valence-electron chi connectivity index (χ4n) is 1.18. The Bertz CT molecular complexity index is 499. The molecule has 0 fully saturated rings. The minimum atomic E-state index is -3.62. The molecule has 0 radical (unpaired) electrons. The number of nitrogens with one attached hydrogen (secondary N) is 1. The standard InChI is InChI=1S/C10H14N2O4S/c1-16-10(13)8-3-2-4-9(7-8)17(14,15)12-6-5-11/h2-4,7,12H,5-6,11H2,1H3. The molecule has 1 aromatic rings. The summed E-state index contributed by atoms with van der Waals surface area (Å²) in [6.07, 6.45) is 0. The molecule has 0 unspecified atom stereocenters. The molecule has 0 aliphatic carbocycles. The first-order chi connectivity index (χ1) is 8.01. The molecule has 0 bridgehead atoms. The Labute approximate surface area is 99.8 Å². The lowest BCUT2D eigenvalue weighted by Gasteiger charge is -2.06. The zero-order chi connectivity index (χ0) is 12.9. The molecule has 0 aliphatic rings. The first kappa shape index (κ1) is 13.6. The molecule has 7 heteroatoms. The third-order valence-electron chi connectivity index (χ3n) is 2.00. The van der Waals surface area contributed by atoms with Gasteiger partial charge in [0, 0.05) is 13.1 Å². The van der Waals surface area contributed by atoms with Crippen LogP contribution in [-0.2, 0) is 14.8 Å². The summed E-state index contributed by atoms with van der Waals surface area (Å²) in [5.41, 5.74) is 5.40. The monoisotopic (exact) mass is 258 g/mol. The van der Waals surface area contributed by atoms with Crippen molar-refractivity contribution in [1.82, 2.24) is 4.72 Å². The van der Waals surface area contributed by atoms with Gasteiger partial charge in [0.15, 0.2) is 0 Å². The molecule has 94 valence electrons. The van der Waals surface area contributed by atoms with Gasteiger partial charge in [-0.15, -0.1) is 0 Å². The molecule has 1 aromatic carbocycles. The van der Waals surface area contributed by atoms with Crippen molar-refractivity contribution < 1.29 is 17.9 Å². The molecule has 3 N–H and O–H groups in total. The maximum absolute atomic E-state index is 11.7. The van der Waals surface area contributed by atoms with Crippen molar-refractivity contribution in [3.63, 3.8) is 0 Å². The number of carbonyl (C=O) groups is 1. The highest BCUT2D eigenvalue weighted by Gasteiger charge is 2.15. The minimum absolute atomic E-state index is 0.00819. The highest BCUT2D eigenvalue weighted by atomic mass is 32.2. The van der Waals surface area contributed by atoms with Gasteiger partial charge < -0.3 is 10.5 Å². The van der Waals surface area contributed by atoms with Crippen LogP contribution >= 0.6 is 0 Å². The Morgan fingerprint density at radius 2 is 2.18 bits per heavy atom. The summed E-state index contributed by atoms with van der Waals surface area (Å²) >= 11 is 0. The molecule has 0 aliphatic heterocycles. The molecule has 0 saturated carbocycles. The lowest BCUT2D eigenvalue weighted by atomic mass is 10.2. The van der Waals surface area contributed by atoms with Crippen LogP contribution in [0.3, 0.4) is 0 Å². The molecular formula is C10H14N2O4S. The molecule has 1 rings (SSSR count). The number of benzene rings is 1. The number of carbonyl (C=O) groups excluding carboxylic acids is 1. The van der Waals surface area contributed by atoms with E-state index in [4.69, 9.17) is 5.73 Å². The Balaban J connectivity index is 3.03. The molecular weight excluding hydrogens is 244 g/mol. The zero-order valence-corrected chi connectivity index (χ0v) is 10.2. The second-order valence-electron chi connectivity index (χ2n) is 3.21. The Kier molecular flexibility index (Phi) is 4.62. The average Bonchev–Trinajstić information content (AvgIpc) is 2.35. The predicted octanol–water partition coefficient (Wildman–Crippen LogP) is -0.290. The number of hydrogen-bond donors (Lipinski definition) is 2. The van der Waals surface area contributed by atoms with Gasteiger partial charge in [0.05, 0.1) is 17.6 Å². The SMILES string of the molecule is COC(=O)c1cccc(S(=O)(=O)NCCN)c1. The summed E-state index contributed by atoms with van der Waals surface area (Å²) in [5.74, 6) is -0.583. The second-order valence-corrected chi connectivity index (χ2v) is 4.97. The van der Waals surface area contributed by atoms with E-state index in [0.29, 0.717) is 0 Å². The van der Waals surface area contributed by atoms with E-state index in [2.05, 4.69) is 9.46 Å². The molecule has 6 nitrogen and oxygen atoms in total. The van der Waals surface area contributed by atoms with Gasteiger partial charge >= 0.3 is 5.97 Å². The van der Waals surface area contributed by atoms with Crippen LogP contribution in [-0.4, -0.2) is 34.6 Å². The van der Waals surface area contributed by atoms with E-state index in [9.17, 15) is 13.2 Å². The number of hydrogen-bond acceptors (Lipinski definition) is 5. The summed E-state index contributed by atoms with van der Waals surface area (Å²) in [4.78, 5) is 11.3. The summed E-state index contributed by atoms with van der Waals surface area (Å²) in [7, 11) is -2.39. The third-order valence-corrected chi connectivity index (χ3v) is 3.46. The van der Waals surface area contributed by atoms with Crippen molar-refractivity contribution in [3.8, 4) is 0 Å². The van der Waals surface area contributed by atoms with Crippen molar-refractivity contribution in [3.05, 3.63) is 29.8 Å². The molecule has 17 heavy (non-hydrogen) atoms. The van der Waals surface area contributed by atoms with Crippen LogP contribution < -0.4 is 10.5 Å². The van der Waals surface area contributed by atoms with Crippen LogP contribution in [0.25, 0.3) is 0 Å². The Hall–Kier alpha value is -1.44. The molecule has 0 saturated heterocycles. The van der Waals surface area contributed by atoms with Gasteiger partial charge in [-0.25, -0.2) is 17.9 Å². The summed E-state index contributed by atoms with van der Waals surface area (Å²) < 4.78 is 30.3. The number of esters is 1. The van der Waals surface area contributed by atoms with Crippen LogP contribution in [0.2, 0.25) is 0 Å². The van der Waals surface area contributed by atoms with Gasteiger partial charge in [0.2, 0.25) is 10.0 Å². The van der Waals surface area contributed by atoms with E-state index in [1.54, 1.807) is 0 Å². The van der Waals surface area contributed by atoms with Gasteiger partial charge in [-0.2, -0.15) is 0 Å². The predicted molar refractivity (Wildman–Crippen MR) is 62.0 cm³/mol. The van der Waals surface area contributed by atoms with Crippen LogP contribution in [0.4, 0.5) is 0 Å². The molecule has 0 aromatic heterocycles. The van der Waals surface area contributed by atoms with E-state index in [1.807, 2.05) is 0 Å². The van der Waals surface area contributed by atoms with Gasteiger partial charge in [0.1, 0.15) is 0 Å². The minimum Gasteiger partial charge on any atom is -0.465 e. The van der Waals surface area contributed by atoms with Crippen molar-refractivity contribution >= 4 is 16.0 Å². The van der Waals surface area contributed by atoms with Crippen molar-refractivity contribution in [2.24, 2.45) is 5.73 Å². The second kappa shape index (κ2) is 5.76. The fourth-order valence-corrected chi connectivity index (χ4v) is 2.28. The highest BCUT2D eigenvalue weighted by Crippen LogP contribution is 2.11. The Morgan fingerprint density at radius 1 is 1.47 bits per heavy atom. The third kappa shape index (κ3) is 3.52. The smallest absolute Gasteiger partial charge is 0.337 e. The first-order valence-electron chi connectivity index (χ1n) is 4.89. The lowest BCUT2D eigenvalue weighted by molar-refractivity contribution is 0.0600. The van der Waals surface area contributed by atoms with E-state index in [-0.39, 0.29) is 23.5 Å². The van der Waals surface area contributed by atoms with E-state index in [1.165, 1.54) is 31.4 Å². The number of methoxy groups -OCH3 is 1. The van der Waals surface area contributed by atoms with Crippen LogP contribution in [0, 0.1) is 0 Å². The van der Waals surface area contributed by atoms with E-state index < -0.39 is 16.0 Å². The largest absolute Gasteiger partial charge is 0.465 e. The normalized spacial score (nSPS) is 11.2. The number of rotatable bonds is 5. The van der Waals surface area contributed by atoms with E-state index >= 15 is 0 Å². The Morgan fingerprint density at radius 3 is 2.76 bits per heavy atom. The van der Waals surface area contributed by atoms with Crippen molar-refractivity contribution in [2.75, 3.05) is 20.2 Å².